The molecule has 198 valence electrons. The van der Waals surface area contributed by atoms with E-state index in [4.69, 9.17) is 34.8 Å². The first kappa shape index (κ1) is 30.2. The standard InChI is InChI=1S/C25H32Cl3N3O4S/c1-5-17(2)29-25(33)18(3)30(16-21-22(27)8-6-9-23(21)28)24(32)10-7-15-31(36(4,34)35)20-13-11-19(26)12-14-20/h6,8-9,11-14,17-18H,5,7,10,15-16H2,1-4H3,(H,29,33)/t17-,18-/m0/s1. The van der Waals surface area contributed by atoms with Gasteiger partial charge in [-0.15, -0.1) is 0 Å². The Morgan fingerprint density at radius 3 is 2.11 bits per heavy atom. The molecule has 2 aromatic rings. The van der Waals surface area contributed by atoms with Gasteiger partial charge < -0.3 is 10.2 Å². The lowest BCUT2D eigenvalue weighted by molar-refractivity contribution is -0.140. The Morgan fingerprint density at radius 1 is 1.00 bits per heavy atom. The third kappa shape index (κ3) is 8.54. The Hall–Kier alpha value is -2.00. The number of sulfonamides is 1. The van der Waals surface area contributed by atoms with Crippen LogP contribution in [0.5, 0.6) is 0 Å². The van der Waals surface area contributed by atoms with Crippen molar-refractivity contribution in [3.05, 3.63) is 63.1 Å². The summed E-state index contributed by atoms with van der Waals surface area (Å²) in [6, 6.07) is 10.6. The van der Waals surface area contributed by atoms with Crippen molar-refractivity contribution in [2.75, 3.05) is 17.1 Å². The van der Waals surface area contributed by atoms with Crippen LogP contribution in [0.4, 0.5) is 5.69 Å². The van der Waals surface area contributed by atoms with Crippen LogP contribution in [0.15, 0.2) is 42.5 Å². The van der Waals surface area contributed by atoms with E-state index in [1.54, 1.807) is 49.4 Å². The van der Waals surface area contributed by atoms with Gasteiger partial charge in [0.05, 0.1) is 11.9 Å². The first-order valence-corrected chi connectivity index (χ1v) is 14.6. The minimum atomic E-state index is -3.59. The topological polar surface area (TPSA) is 86.8 Å². The largest absolute Gasteiger partial charge is 0.352 e. The lowest BCUT2D eigenvalue weighted by Gasteiger charge is -2.30. The summed E-state index contributed by atoms with van der Waals surface area (Å²) in [4.78, 5) is 27.7. The van der Waals surface area contributed by atoms with Crippen molar-refractivity contribution in [1.29, 1.82) is 0 Å². The summed E-state index contributed by atoms with van der Waals surface area (Å²) < 4.78 is 26.0. The van der Waals surface area contributed by atoms with Crippen LogP contribution in [0, 0.1) is 0 Å². The molecule has 0 saturated heterocycles. The third-order valence-electron chi connectivity index (χ3n) is 5.83. The van der Waals surface area contributed by atoms with Crippen LogP contribution in [0.25, 0.3) is 0 Å². The third-order valence-corrected chi connectivity index (χ3v) is 7.98. The zero-order chi connectivity index (χ0) is 27.0. The van der Waals surface area contributed by atoms with Gasteiger partial charge in [-0.1, -0.05) is 47.8 Å². The van der Waals surface area contributed by atoms with Crippen LogP contribution in [0.2, 0.25) is 15.1 Å². The van der Waals surface area contributed by atoms with E-state index in [1.165, 1.54) is 9.21 Å². The van der Waals surface area contributed by atoms with Crippen LogP contribution in [0.3, 0.4) is 0 Å². The maximum Gasteiger partial charge on any atom is 0.242 e. The van der Waals surface area contributed by atoms with Gasteiger partial charge in [0, 0.05) is 46.2 Å². The SMILES string of the molecule is CC[C@H](C)NC(=O)[C@H](C)N(Cc1c(Cl)cccc1Cl)C(=O)CCCN(c1ccc(Cl)cc1)S(C)(=O)=O. The van der Waals surface area contributed by atoms with Gasteiger partial charge in [-0.25, -0.2) is 8.42 Å². The molecule has 2 atom stereocenters. The molecule has 0 aliphatic carbocycles. The fourth-order valence-corrected chi connectivity index (χ4v) is 5.12. The number of halogens is 3. The molecule has 0 heterocycles. The van der Waals surface area contributed by atoms with Crippen LogP contribution in [-0.2, 0) is 26.2 Å². The number of rotatable bonds is 12. The van der Waals surface area contributed by atoms with Crippen molar-refractivity contribution in [3.8, 4) is 0 Å². The van der Waals surface area contributed by atoms with Gasteiger partial charge >= 0.3 is 0 Å². The molecule has 1 N–H and O–H groups in total. The average Bonchev–Trinajstić information content (AvgIpc) is 2.81. The highest BCUT2D eigenvalue weighted by atomic mass is 35.5. The summed E-state index contributed by atoms with van der Waals surface area (Å²) >= 11 is 18.6. The molecule has 2 rings (SSSR count). The van der Waals surface area contributed by atoms with E-state index in [9.17, 15) is 18.0 Å². The van der Waals surface area contributed by atoms with Crippen LogP contribution < -0.4 is 9.62 Å². The van der Waals surface area contributed by atoms with E-state index < -0.39 is 16.1 Å². The lowest BCUT2D eigenvalue weighted by atomic mass is 10.1. The Bertz CT molecular complexity index is 1140. The molecular formula is C25H32Cl3N3O4S. The fourth-order valence-electron chi connectivity index (χ4n) is 3.51. The Kier molecular flexibility index (Phi) is 11.3. The minimum Gasteiger partial charge on any atom is -0.352 e. The second kappa shape index (κ2) is 13.5. The van der Waals surface area contributed by atoms with Crippen LogP contribution in [0.1, 0.15) is 45.6 Å². The Labute approximate surface area is 228 Å². The zero-order valence-corrected chi connectivity index (χ0v) is 23.9. The second-order valence-electron chi connectivity index (χ2n) is 8.63. The zero-order valence-electron chi connectivity index (χ0n) is 20.8. The molecule has 0 fully saturated rings. The highest BCUT2D eigenvalue weighted by molar-refractivity contribution is 7.92. The number of nitrogens with zero attached hydrogens (tertiary/aromatic N) is 2. The van der Waals surface area contributed by atoms with Crippen molar-refractivity contribution >= 4 is 62.3 Å². The maximum absolute atomic E-state index is 13.4. The average molecular weight is 577 g/mol. The van der Waals surface area contributed by atoms with Gasteiger partial charge in [0.1, 0.15) is 6.04 Å². The molecule has 0 bridgehead atoms. The molecule has 7 nitrogen and oxygen atoms in total. The quantitative estimate of drug-likeness (QED) is 0.360. The predicted octanol–water partition coefficient (Wildman–Crippen LogP) is 5.53. The molecular weight excluding hydrogens is 545 g/mol. The molecule has 0 aromatic heterocycles. The normalized spacial score (nSPS) is 13.1. The van der Waals surface area contributed by atoms with Crippen LogP contribution in [-0.4, -0.2) is 50.0 Å². The summed E-state index contributed by atoms with van der Waals surface area (Å²) in [5, 5.41) is 4.17. The number of carbonyl (C=O) groups is 2. The Morgan fingerprint density at radius 2 is 1.58 bits per heavy atom. The van der Waals surface area contributed by atoms with Crippen molar-refractivity contribution in [2.24, 2.45) is 0 Å². The Balaban J connectivity index is 2.22. The molecule has 11 heteroatoms. The van der Waals surface area contributed by atoms with Crippen molar-refractivity contribution < 1.29 is 18.0 Å². The number of hydrogen-bond acceptors (Lipinski definition) is 4. The predicted molar refractivity (Wildman–Crippen MR) is 147 cm³/mol. The summed E-state index contributed by atoms with van der Waals surface area (Å²) in [7, 11) is -3.59. The summed E-state index contributed by atoms with van der Waals surface area (Å²) in [6.45, 7) is 5.62. The smallest absolute Gasteiger partial charge is 0.242 e. The first-order valence-electron chi connectivity index (χ1n) is 11.6. The van der Waals surface area contributed by atoms with E-state index >= 15 is 0 Å². The van der Waals surface area contributed by atoms with Gasteiger partial charge in [-0.3, -0.25) is 13.9 Å². The maximum atomic E-state index is 13.4. The monoisotopic (exact) mass is 575 g/mol. The summed E-state index contributed by atoms with van der Waals surface area (Å²) in [6.07, 6.45) is 2.11. The molecule has 0 saturated carbocycles. The molecule has 2 amide bonds. The van der Waals surface area contributed by atoms with Gasteiger partial charge in [-0.2, -0.15) is 0 Å². The van der Waals surface area contributed by atoms with E-state index in [0.29, 0.717) is 26.3 Å². The molecule has 0 aliphatic heterocycles. The van der Waals surface area contributed by atoms with Crippen molar-refractivity contribution in [3.63, 3.8) is 0 Å². The van der Waals surface area contributed by atoms with Gasteiger partial charge in [-0.05, 0) is 63.1 Å². The first-order chi connectivity index (χ1) is 16.8. The van der Waals surface area contributed by atoms with Crippen molar-refractivity contribution in [1.82, 2.24) is 10.2 Å². The van der Waals surface area contributed by atoms with Crippen molar-refractivity contribution in [2.45, 2.75) is 58.7 Å². The van der Waals surface area contributed by atoms with E-state index in [2.05, 4.69) is 5.32 Å². The molecule has 0 aliphatic rings. The molecule has 0 radical (unpaired) electrons. The minimum absolute atomic E-state index is 0.0165. The summed E-state index contributed by atoms with van der Waals surface area (Å²) in [5.41, 5.74) is 0.992. The lowest BCUT2D eigenvalue weighted by Crippen LogP contribution is -2.49. The highest BCUT2D eigenvalue weighted by Gasteiger charge is 2.28. The molecule has 36 heavy (non-hydrogen) atoms. The van der Waals surface area contributed by atoms with E-state index in [1.807, 2.05) is 13.8 Å². The molecule has 0 unspecified atom stereocenters. The van der Waals surface area contributed by atoms with Gasteiger partial charge in [0.25, 0.3) is 0 Å². The number of benzene rings is 2. The fraction of sp³-hybridized carbons (Fsp3) is 0.440. The van der Waals surface area contributed by atoms with Gasteiger partial charge in [0.15, 0.2) is 0 Å². The molecule has 0 spiro atoms. The number of carbonyl (C=O) groups excluding carboxylic acids is 2. The van der Waals surface area contributed by atoms with Gasteiger partial charge in [0.2, 0.25) is 21.8 Å². The number of anilines is 1. The number of hydrogen-bond donors (Lipinski definition) is 1. The van der Waals surface area contributed by atoms with Crippen LogP contribution >= 0.6 is 34.8 Å². The second-order valence-corrected chi connectivity index (χ2v) is 11.8. The van der Waals surface area contributed by atoms with E-state index in [-0.39, 0.29) is 43.8 Å². The summed E-state index contributed by atoms with van der Waals surface area (Å²) in [5.74, 6) is -0.609. The number of nitrogens with one attached hydrogen (secondary N) is 1. The highest BCUT2D eigenvalue weighted by Crippen LogP contribution is 2.27. The van der Waals surface area contributed by atoms with E-state index in [0.717, 1.165) is 12.7 Å². The number of amides is 2. The molecule has 2 aromatic carbocycles.